The molecule has 0 bridgehead atoms. The van der Waals surface area contributed by atoms with Gasteiger partial charge in [0.15, 0.2) is 15.7 Å². The first-order valence-electron chi connectivity index (χ1n) is 12.1. The van der Waals surface area contributed by atoms with Gasteiger partial charge < -0.3 is 10.2 Å². The summed E-state index contributed by atoms with van der Waals surface area (Å²) in [4.78, 5) is 33.2. The molecule has 0 spiro atoms. The van der Waals surface area contributed by atoms with Crippen LogP contribution >= 0.6 is 0 Å². The van der Waals surface area contributed by atoms with Crippen LogP contribution in [0.1, 0.15) is 30.4 Å². The molecule has 0 unspecified atom stereocenters. The van der Waals surface area contributed by atoms with Crippen molar-refractivity contribution in [2.45, 2.75) is 38.8 Å². The van der Waals surface area contributed by atoms with Crippen molar-refractivity contribution >= 4 is 32.6 Å². The van der Waals surface area contributed by atoms with Gasteiger partial charge in [-0.15, -0.1) is 0 Å². The van der Waals surface area contributed by atoms with Gasteiger partial charge in [-0.3, -0.25) is 14.2 Å². The number of piperidine rings is 1. The van der Waals surface area contributed by atoms with E-state index in [0.29, 0.717) is 38.3 Å². The molecule has 2 aliphatic rings. The van der Waals surface area contributed by atoms with E-state index in [0.717, 1.165) is 28.6 Å². The largest absolute Gasteiger partial charge is 0.352 e. The topological polar surface area (TPSA) is 101 Å². The lowest BCUT2D eigenvalue weighted by Crippen LogP contribution is -2.48. The standard InChI is InChI=1S/C26H30N4O4S/c1-18-8-10-19(11-9-18)15-30-23-7-3-2-6-22(23)28-24(26(30)32)29-13-4-5-20(16-29)25(31)27-21-12-14-35(33,34)17-21/h2-3,6-11,20-21H,4-5,12-17H2,1H3,(H,27,31)/t20-,21-/m0/s1. The van der Waals surface area contributed by atoms with Gasteiger partial charge in [0.2, 0.25) is 5.91 Å². The molecule has 2 saturated heterocycles. The summed E-state index contributed by atoms with van der Waals surface area (Å²) >= 11 is 0. The zero-order chi connectivity index (χ0) is 24.6. The molecule has 2 aliphatic heterocycles. The molecule has 0 radical (unpaired) electrons. The summed E-state index contributed by atoms with van der Waals surface area (Å²) in [5, 5.41) is 2.92. The third kappa shape index (κ3) is 5.10. The first-order valence-corrected chi connectivity index (χ1v) is 13.9. The predicted molar refractivity (Wildman–Crippen MR) is 136 cm³/mol. The number of fused-ring (bicyclic) bond motifs is 1. The molecule has 3 heterocycles. The molecule has 2 atom stereocenters. The number of amides is 1. The lowest BCUT2D eigenvalue weighted by Gasteiger charge is -2.33. The fourth-order valence-electron chi connectivity index (χ4n) is 5.03. The third-order valence-corrected chi connectivity index (χ3v) is 8.74. The molecule has 1 aromatic heterocycles. The van der Waals surface area contributed by atoms with Crippen molar-refractivity contribution in [3.05, 3.63) is 70.0 Å². The average Bonchev–Trinajstić information content (AvgIpc) is 3.20. The maximum atomic E-state index is 13.7. The third-order valence-electron chi connectivity index (χ3n) is 6.97. The van der Waals surface area contributed by atoms with Crippen LogP contribution in [0.15, 0.2) is 53.3 Å². The first-order chi connectivity index (χ1) is 16.8. The quantitative estimate of drug-likeness (QED) is 0.584. The van der Waals surface area contributed by atoms with Crippen molar-refractivity contribution in [3.63, 3.8) is 0 Å². The first kappa shape index (κ1) is 23.5. The Morgan fingerprint density at radius 1 is 1.11 bits per heavy atom. The fraction of sp³-hybridized carbons (Fsp3) is 0.423. The van der Waals surface area contributed by atoms with Crippen molar-refractivity contribution in [2.24, 2.45) is 5.92 Å². The Morgan fingerprint density at radius 3 is 2.63 bits per heavy atom. The Labute approximate surface area is 204 Å². The van der Waals surface area contributed by atoms with Crippen molar-refractivity contribution < 1.29 is 13.2 Å². The normalized spacial score (nSPS) is 21.8. The molecule has 9 heteroatoms. The summed E-state index contributed by atoms with van der Waals surface area (Å²) < 4.78 is 25.3. The Hall–Kier alpha value is -3.20. The number of aryl methyl sites for hydroxylation is 1. The smallest absolute Gasteiger partial charge is 0.294 e. The minimum Gasteiger partial charge on any atom is -0.352 e. The number of carbonyl (C=O) groups excluding carboxylic acids is 1. The van der Waals surface area contributed by atoms with E-state index in [-0.39, 0.29) is 34.9 Å². The van der Waals surface area contributed by atoms with E-state index in [9.17, 15) is 18.0 Å². The summed E-state index contributed by atoms with van der Waals surface area (Å²) in [6.07, 6.45) is 1.92. The number of hydrogen-bond donors (Lipinski definition) is 1. The van der Waals surface area contributed by atoms with Crippen molar-refractivity contribution in [3.8, 4) is 0 Å². The van der Waals surface area contributed by atoms with Crippen LogP contribution < -0.4 is 15.8 Å². The summed E-state index contributed by atoms with van der Waals surface area (Å²) in [7, 11) is -3.06. The lowest BCUT2D eigenvalue weighted by atomic mass is 9.96. The maximum absolute atomic E-state index is 13.7. The summed E-state index contributed by atoms with van der Waals surface area (Å²) in [6.45, 7) is 3.50. The molecule has 0 aliphatic carbocycles. The molecule has 8 nitrogen and oxygen atoms in total. The molecule has 0 saturated carbocycles. The predicted octanol–water partition coefficient (Wildman–Crippen LogP) is 2.27. The summed E-state index contributed by atoms with van der Waals surface area (Å²) in [5.74, 6) is 0.0288. The second kappa shape index (κ2) is 9.45. The van der Waals surface area contributed by atoms with Gasteiger partial charge in [-0.05, 0) is 43.9 Å². The fourth-order valence-corrected chi connectivity index (χ4v) is 6.70. The van der Waals surface area contributed by atoms with Gasteiger partial charge in [0, 0.05) is 19.1 Å². The van der Waals surface area contributed by atoms with E-state index in [4.69, 9.17) is 4.98 Å². The summed E-state index contributed by atoms with van der Waals surface area (Å²) in [5.41, 5.74) is 3.52. The number of rotatable bonds is 5. The van der Waals surface area contributed by atoms with Crippen LogP contribution in [0, 0.1) is 12.8 Å². The van der Waals surface area contributed by atoms with Crippen LogP contribution in [0.5, 0.6) is 0 Å². The average molecular weight is 495 g/mol. The highest BCUT2D eigenvalue weighted by molar-refractivity contribution is 7.91. The number of hydrogen-bond acceptors (Lipinski definition) is 6. The second-order valence-electron chi connectivity index (χ2n) is 9.69. The number of para-hydroxylation sites is 2. The number of anilines is 1. The van der Waals surface area contributed by atoms with E-state index in [2.05, 4.69) is 5.32 Å². The van der Waals surface area contributed by atoms with Crippen LogP contribution in [0.3, 0.4) is 0 Å². The highest BCUT2D eigenvalue weighted by atomic mass is 32.2. The van der Waals surface area contributed by atoms with E-state index in [1.807, 2.05) is 60.4 Å². The number of nitrogens with one attached hydrogen (secondary N) is 1. The Kier molecular flexibility index (Phi) is 6.35. The molecule has 35 heavy (non-hydrogen) atoms. The lowest BCUT2D eigenvalue weighted by molar-refractivity contribution is -0.125. The molecular formula is C26H30N4O4S. The zero-order valence-corrected chi connectivity index (χ0v) is 20.6. The van der Waals surface area contributed by atoms with Gasteiger partial charge in [0.1, 0.15) is 0 Å². The van der Waals surface area contributed by atoms with Crippen molar-refractivity contribution in [2.75, 3.05) is 29.5 Å². The van der Waals surface area contributed by atoms with E-state index in [1.165, 1.54) is 0 Å². The van der Waals surface area contributed by atoms with Crippen LogP contribution in [0.4, 0.5) is 5.82 Å². The Morgan fingerprint density at radius 2 is 1.89 bits per heavy atom. The summed E-state index contributed by atoms with van der Waals surface area (Å²) in [6, 6.07) is 15.4. The van der Waals surface area contributed by atoms with E-state index in [1.54, 1.807) is 4.57 Å². The SMILES string of the molecule is Cc1ccc(Cn2c(=O)c(N3CCC[C@H](C(=O)N[C@H]4CCS(=O)(=O)C4)C3)nc3ccccc32)cc1. The van der Waals surface area contributed by atoms with Crippen molar-refractivity contribution in [1.82, 2.24) is 14.9 Å². The number of nitrogens with zero attached hydrogens (tertiary/aromatic N) is 3. The van der Waals surface area contributed by atoms with Crippen LogP contribution in [0.2, 0.25) is 0 Å². The molecule has 1 N–H and O–H groups in total. The van der Waals surface area contributed by atoms with Crippen LogP contribution in [-0.4, -0.2) is 54.5 Å². The highest BCUT2D eigenvalue weighted by Crippen LogP contribution is 2.23. The molecular weight excluding hydrogens is 464 g/mol. The monoisotopic (exact) mass is 494 g/mol. The minimum absolute atomic E-state index is 0.00508. The van der Waals surface area contributed by atoms with Gasteiger partial charge in [-0.25, -0.2) is 13.4 Å². The molecule has 2 aromatic carbocycles. The molecule has 3 aromatic rings. The Bertz CT molecular complexity index is 1420. The van der Waals surface area contributed by atoms with Gasteiger partial charge in [0.25, 0.3) is 5.56 Å². The maximum Gasteiger partial charge on any atom is 0.294 e. The van der Waals surface area contributed by atoms with E-state index >= 15 is 0 Å². The van der Waals surface area contributed by atoms with Gasteiger partial charge in [0.05, 0.1) is 35.0 Å². The number of benzene rings is 2. The number of sulfone groups is 1. The second-order valence-corrected chi connectivity index (χ2v) is 11.9. The van der Waals surface area contributed by atoms with Gasteiger partial charge in [-0.1, -0.05) is 42.0 Å². The molecule has 5 rings (SSSR count). The number of carbonyl (C=O) groups is 1. The zero-order valence-electron chi connectivity index (χ0n) is 19.8. The minimum atomic E-state index is -3.06. The Balaban J connectivity index is 1.41. The van der Waals surface area contributed by atoms with Gasteiger partial charge in [-0.2, -0.15) is 0 Å². The molecule has 2 fully saturated rings. The van der Waals surface area contributed by atoms with E-state index < -0.39 is 9.84 Å². The van der Waals surface area contributed by atoms with Gasteiger partial charge >= 0.3 is 0 Å². The molecule has 1 amide bonds. The highest BCUT2D eigenvalue weighted by Gasteiger charge is 2.33. The van der Waals surface area contributed by atoms with Crippen LogP contribution in [0.25, 0.3) is 11.0 Å². The van der Waals surface area contributed by atoms with Crippen molar-refractivity contribution in [1.29, 1.82) is 0 Å². The number of aromatic nitrogens is 2. The molecule has 184 valence electrons. The van der Waals surface area contributed by atoms with Crippen LogP contribution in [-0.2, 0) is 21.2 Å².